The van der Waals surface area contributed by atoms with Gasteiger partial charge in [0.15, 0.2) is 0 Å². The van der Waals surface area contributed by atoms with E-state index in [4.69, 9.17) is 5.73 Å². The van der Waals surface area contributed by atoms with Crippen LogP contribution in [0.15, 0.2) is 30.3 Å². The molecule has 2 rings (SSSR count). The van der Waals surface area contributed by atoms with Crippen molar-refractivity contribution in [1.82, 2.24) is 4.90 Å². The molecule has 3 heteroatoms. The first kappa shape index (κ1) is 18.0. The van der Waals surface area contributed by atoms with Crippen LogP contribution in [0.25, 0.3) is 0 Å². The third-order valence-corrected chi connectivity index (χ3v) is 4.88. The molecule has 0 radical (unpaired) electrons. The van der Waals surface area contributed by atoms with Crippen LogP contribution in [0.4, 0.5) is 0 Å². The zero-order valence-electron chi connectivity index (χ0n) is 14.4. The fourth-order valence-electron chi connectivity index (χ4n) is 3.51. The molecule has 0 aliphatic heterocycles. The van der Waals surface area contributed by atoms with Crippen LogP contribution in [0, 0.1) is 0 Å². The van der Waals surface area contributed by atoms with Crippen molar-refractivity contribution in [2.24, 2.45) is 5.73 Å². The number of hydrogen-bond acceptors (Lipinski definition) is 2. The number of carbonyl (C=O) groups is 1. The van der Waals surface area contributed by atoms with E-state index in [1.54, 1.807) is 0 Å². The number of amides is 1. The number of carbonyl (C=O) groups excluding carboxylic acids is 1. The first-order valence-corrected chi connectivity index (χ1v) is 9.34. The molecule has 1 aliphatic rings. The van der Waals surface area contributed by atoms with Gasteiger partial charge in [-0.2, -0.15) is 0 Å². The Bertz CT molecular complexity index is 440. The third kappa shape index (κ3) is 6.34. The molecule has 1 amide bonds. The molecule has 1 aliphatic carbocycles. The van der Waals surface area contributed by atoms with Gasteiger partial charge >= 0.3 is 0 Å². The Labute approximate surface area is 141 Å². The lowest BCUT2D eigenvalue weighted by Gasteiger charge is -2.34. The zero-order chi connectivity index (χ0) is 16.3. The van der Waals surface area contributed by atoms with Crippen molar-refractivity contribution in [2.45, 2.75) is 76.8 Å². The summed E-state index contributed by atoms with van der Waals surface area (Å²) in [4.78, 5) is 14.9. The van der Waals surface area contributed by atoms with Gasteiger partial charge in [0.1, 0.15) is 0 Å². The van der Waals surface area contributed by atoms with Crippen LogP contribution in [0.5, 0.6) is 0 Å². The van der Waals surface area contributed by atoms with Crippen molar-refractivity contribution in [1.29, 1.82) is 0 Å². The molecule has 1 fully saturated rings. The quantitative estimate of drug-likeness (QED) is 0.692. The van der Waals surface area contributed by atoms with Crippen LogP contribution < -0.4 is 5.73 Å². The normalized spacial score (nSPS) is 15.5. The summed E-state index contributed by atoms with van der Waals surface area (Å²) in [7, 11) is 0. The van der Waals surface area contributed by atoms with Crippen LogP contribution >= 0.6 is 0 Å². The summed E-state index contributed by atoms with van der Waals surface area (Å²) in [6, 6.07) is 10.9. The van der Waals surface area contributed by atoms with Crippen molar-refractivity contribution in [3.8, 4) is 0 Å². The molecule has 128 valence electrons. The Balaban J connectivity index is 1.90. The van der Waals surface area contributed by atoms with Gasteiger partial charge in [0.05, 0.1) is 0 Å². The predicted molar refractivity (Wildman–Crippen MR) is 96.0 cm³/mol. The first-order chi connectivity index (χ1) is 11.3. The molecule has 1 aromatic carbocycles. The molecule has 23 heavy (non-hydrogen) atoms. The molecule has 2 N–H and O–H groups in total. The summed E-state index contributed by atoms with van der Waals surface area (Å²) in [5.41, 5.74) is 6.77. The van der Waals surface area contributed by atoms with Gasteiger partial charge < -0.3 is 10.6 Å². The van der Waals surface area contributed by atoms with Crippen LogP contribution in [0.2, 0.25) is 0 Å². The Hall–Kier alpha value is -1.35. The summed E-state index contributed by atoms with van der Waals surface area (Å²) < 4.78 is 0. The van der Waals surface area contributed by atoms with E-state index < -0.39 is 0 Å². The van der Waals surface area contributed by atoms with Gasteiger partial charge in [-0.05, 0) is 37.8 Å². The van der Waals surface area contributed by atoms with Crippen LogP contribution in [0.1, 0.15) is 69.8 Å². The average molecular weight is 316 g/mol. The molecule has 1 aromatic rings. The first-order valence-electron chi connectivity index (χ1n) is 9.34. The van der Waals surface area contributed by atoms with E-state index in [9.17, 15) is 4.79 Å². The van der Waals surface area contributed by atoms with E-state index in [1.165, 1.54) is 37.7 Å². The lowest BCUT2D eigenvalue weighted by Crippen LogP contribution is -2.40. The Morgan fingerprint density at radius 1 is 1.00 bits per heavy atom. The highest BCUT2D eigenvalue weighted by Gasteiger charge is 2.25. The molecular formula is C20H32N2O. The van der Waals surface area contributed by atoms with Crippen molar-refractivity contribution in [2.75, 3.05) is 6.54 Å². The average Bonchev–Trinajstić information content (AvgIpc) is 2.61. The Morgan fingerprint density at radius 3 is 2.39 bits per heavy atom. The topological polar surface area (TPSA) is 46.3 Å². The van der Waals surface area contributed by atoms with E-state index in [1.807, 2.05) is 6.07 Å². The minimum atomic E-state index is 0.341. The fourth-order valence-corrected chi connectivity index (χ4v) is 3.51. The molecule has 0 aromatic heterocycles. The van der Waals surface area contributed by atoms with Crippen molar-refractivity contribution >= 4 is 5.91 Å². The SMILES string of the molecule is NCCCCCCC(=O)N(Cc1ccccc1)C1CCCCC1. The fraction of sp³-hybridized carbons (Fsp3) is 0.650. The summed E-state index contributed by atoms with van der Waals surface area (Å²) in [6.07, 6.45) is 11.2. The van der Waals surface area contributed by atoms with Crippen molar-refractivity contribution in [3.63, 3.8) is 0 Å². The maximum atomic E-state index is 12.8. The molecule has 0 unspecified atom stereocenters. The molecule has 0 heterocycles. The number of nitrogens with zero attached hydrogens (tertiary/aromatic N) is 1. The van der Waals surface area contributed by atoms with E-state index in [2.05, 4.69) is 29.2 Å². The van der Waals surface area contributed by atoms with E-state index >= 15 is 0 Å². The predicted octanol–water partition coefficient (Wildman–Crippen LogP) is 4.26. The molecule has 0 saturated heterocycles. The molecule has 1 saturated carbocycles. The van der Waals surface area contributed by atoms with E-state index in [0.717, 1.165) is 38.8 Å². The monoisotopic (exact) mass is 316 g/mol. The minimum Gasteiger partial charge on any atom is -0.335 e. The number of unbranched alkanes of at least 4 members (excludes halogenated alkanes) is 3. The number of nitrogens with two attached hydrogens (primary N) is 1. The smallest absolute Gasteiger partial charge is 0.223 e. The summed E-state index contributed by atoms with van der Waals surface area (Å²) in [6.45, 7) is 1.53. The number of benzene rings is 1. The summed E-state index contributed by atoms with van der Waals surface area (Å²) in [5, 5.41) is 0. The van der Waals surface area contributed by atoms with Gasteiger partial charge in [-0.3, -0.25) is 4.79 Å². The van der Waals surface area contributed by atoms with Crippen LogP contribution in [-0.4, -0.2) is 23.4 Å². The van der Waals surface area contributed by atoms with Crippen LogP contribution in [-0.2, 0) is 11.3 Å². The lowest BCUT2D eigenvalue weighted by atomic mass is 9.93. The highest BCUT2D eigenvalue weighted by molar-refractivity contribution is 5.76. The summed E-state index contributed by atoms with van der Waals surface area (Å²) in [5.74, 6) is 0.341. The van der Waals surface area contributed by atoms with Crippen LogP contribution in [0.3, 0.4) is 0 Å². The molecular weight excluding hydrogens is 284 g/mol. The van der Waals surface area contributed by atoms with Gasteiger partial charge in [0.25, 0.3) is 0 Å². The van der Waals surface area contributed by atoms with Gasteiger partial charge in [-0.25, -0.2) is 0 Å². The van der Waals surface area contributed by atoms with Gasteiger partial charge in [-0.1, -0.05) is 62.4 Å². The zero-order valence-corrected chi connectivity index (χ0v) is 14.4. The standard InChI is InChI=1S/C20H32N2O/c21-16-10-2-1-9-15-20(23)22(19-13-7-4-8-14-19)17-18-11-5-3-6-12-18/h3,5-6,11-12,19H,1-2,4,7-10,13-17,21H2. The Morgan fingerprint density at radius 2 is 1.70 bits per heavy atom. The van der Waals surface area contributed by atoms with Gasteiger partial charge in [0.2, 0.25) is 5.91 Å². The number of hydrogen-bond donors (Lipinski definition) is 1. The second-order valence-electron chi connectivity index (χ2n) is 6.75. The molecule has 3 nitrogen and oxygen atoms in total. The Kier molecular flexibility index (Phi) is 8.16. The van der Waals surface area contributed by atoms with Crippen molar-refractivity contribution in [3.05, 3.63) is 35.9 Å². The second kappa shape index (κ2) is 10.4. The third-order valence-electron chi connectivity index (χ3n) is 4.88. The van der Waals surface area contributed by atoms with Gasteiger partial charge in [-0.15, -0.1) is 0 Å². The van der Waals surface area contributed by atoms with E-state index in [-0.39, 0.29) is 0 Å². The molecule has 0 atom stereocenters. The highest BCUT2D eigenvalue weighted by Crippen LogP contribution is 2.25. The van der Waals surface area contributed by atoms with Crippen molar-refractivity contribution < 1.29 is 4.79 Å². The highest BCUT2D eigenvalue weighted by atomic mass is 16.2. The van der Waals surface area contributed by atoms with Gasteiger partial charge in [0, 0.05) is 19.0 Å². The van der Waals surface area contributed by atoms with E-state index in [0.29, 0.717) is 18.4 Å². The maximum Gasteiger partial charge on any atom is 0.223 e. The largest absolute Gasteiger partial charge is 0.335 e. The molecule has 0 bridgehead atoms. The second-order valence-corrected chi connectivity index (χ2v) is 6.75. The molecule has 0 spiro atoms. The maximum absolute atomic E-state index is 12.8. The minimum absolute atomic E-state index is 0.341. The lowest BCUT2D eigenvalue weighted by molar-refractivity contribution is -0.135. The number of rotatable bonds is 9. The summed E-state index contributed by atoms with van der Waals surface area (Å²) >= 11 is 0.